The molecule has 0 aliphatic heterocycles. The molecule has 0 spiro atoms. The van der Waals surface area contributed by atoms with Gasteiger partial charge in [0.25, 0.3) is 5.88 Å². The summed E-state index contributed by atoms with van der Waals surface area (Å²) in [5.41, 5.74) is 2.25. The van der Waals surface area contributed by atoms with Crippen molar-refractivity contribution in [2.75, 3.05) is 26.9 Å². The van der Waals surface area contributed by atoms with E-state index in [0.717, 1.165) is 48.5 Å². The van der Waals surface area contributed by atoms with Crippen LogP contribution in [0.2, 0.25) is 0 Å². The Kier molecular flexibility index (Phi) is 12.6. The smallest absolute Gasteiger partial charge is 0.254 e. The molecule has 7 nitrogen and oxygen atoms in total. The number of ether oxygens (including phenoxy) is 3. The largest absolute Gasteiger partial charge is 0.493 e. The van der Waals surface area contributed by atoms with Crippen molar-refractivity contribution in [3.8, 4) is 17.4 Å². The van der Waals surface area contributed by atoms with Gasteiger partial charge >= 0.3 is 0 Å². The molecule has 2 aromatic rings. The minimum absolute atomic E-state index is 0.480. The van der Waals surface area contributed by atoms with Gasteiger partial charge in [0.2, 0.25) is 0 Å². The molecule has 0 fully saturated rings. The second-order valence-electron chi connectivity index (χ2n) is 7.92. The second-order valence-corrected chi connectivity index (χ2v) is 7.92. The quantitative estimate of drug-likeness (QED) is 0.118. The maximum absolute atomic E-state index is 6.06. The zero-order chi connectivity index (χ0) is 23.7. The highest BCUT2D eigenvalue weighted by Crippen LogP contribution is 2.28. The van der Waals surface area contributed by atoms with Gasteiger partial charge < -0.3 is 23.6 Å². The Morgan fingerprint density at radius 2 is 1.52 bits per heavy atom. The van der Waals surface area contributed by atoms with Crippen LogP contribution in [0.4, 0.5) is 0 Å². The number of benzene rings is 1. The molecule has 33 heavy (non-hydrogen) atoms. The van der Waals surface area contributed by atoms with E-state index in [1.165, 1.54) is 39.0 Å². The maximum Gasteiger partial charge on any atom is 0.254 e. The van der Waals surface area contributed by atoms with Gasteiger partial charge in [0, 0.05) is 0 Å². The fourth-order valence-corrected chi connectivity index (χ4v) is 3.41. The van der Waals surface area contributed by atoms with E-state index >= 15 is 0 Å². The van der Waals surface area contributed by atoms with E-state index in [1.807, 2.05) is 31.2 Å². The molecule has 2 rings (SSSR count). The highest BCUT2D eigenvalue weighted by atomic mass is 16.6. The molecule has 0 N–H and O–H groups in total. The first kappa shape index (κ1) is 26.3. The number of nitrogens with zero attached hydrogens (tertiary/aromatic N) is 2. The summed E-state index contributed by atoms with van der Waals surface area (Å²) in [5.74, 6) is 2.86. The van der Waals surface area contributed by atoms with E-state index in [1.54, 1.807) is 6.07 Å². The highest BCUT2D eigenvalue weighted by Gasteiger charge is 2.07. The molecule has 1 heterocycles. The van der Waals surface area contributed by atoms with E-state index in [4.69, 9.17) is 18.7 Å². The van der Waals surface area contributed by atoms with Crippen LogP contribution in [0.5, 0.6) is 17.4 Å². The first-order valence-electron chi connectivity index (χ1n) is 11.8. The number of hydrogen-bond donors (Lipinski definition) is 0. The molecule has 0 unspecified atom stereocenters. The third-order valence-electron chi connectivity index (χ3n) is 5.09. The topological polar surface area (TPSA) is 75.3 Å². The lowest BCUT2D eigenvalue weighted by molar-refractivity contribution is 0.214. The molecule has 0 radical (unpaired) electrons. The van der Waals surface area contributed by atoms with E-state index in [9.17, 15) is 0 Å². The molecule has 0 amide bonds. The molecule has 0 saturated heterocycles. The lowest BCUT2D eigenvalue weighted by atomic mass is 10.1. The van der Waals surface area contributed by atoms with Crippen molar-refractivity contribution in [3.63, 3.8) is 0 Å². The van der Waals surface area contributed by atoms with Gasteiger partial charge in [-0.2, -0.15) is 0 Å². The van der Waals surface area contributed by atoms with Crippen LogP contribution in [0.1, 0.15) is 68.8 Å². The number of allylic oxidation sites excluding steroid dienone is 1. The van der Waals surface area contributed by atoms with Gasteiger partial charge in [-0.15, -0.1) is 0 Å². The Bertz CT molecular complexity index is 837. The van der Waals surface area contributed by atoms with E-state index in [2.05, 4.69) is 29.0 Å². The van der Waals surface area contributed by atoms with Gasteiger partial charge in [-0.05, 0) is 62.0 Å². The monoisotopic (exact) mass is 458 g/mol. The van der Waals surface area contributed by atoms with Gasteiger partial charge in [0.05, 0.1) is 19.3 Å². The minimum atomic E-state index is 0.480. The van der Waals surface area contributed by atoms with Crippen LogP contribution in [0.25, 0.3) is 0 Å². The molecule has 0 aliphatic carbocycles. The third kappa shape index (κ3) is 10.5. The Morgan fingerprint density at radius 3 is 2.15 bits per heavy atom. The average Bonchev–Trinajstić information content (AvgIpc) is 3.25. The molecular weight excluding hydrogens is 420 g/mol. The summed E-state index contributed by atoms with van der Waals surface area (Å²) >= 11 is 0. The summed E-state index contributed by atoms with van der Waals surface area (Å²) in [7, 11) is 1.48. The molecule has 0 aliphatic rings. The molecule has 1 aromatic carbocycles. The van der Waals surface area contributed by atoms with Crippen molar-refractivity contribution in [3.05, 3.63) is 47.2 Å². The fraction of sp³-hybridized carbons (Fsp3) is 0.538. The average molecular weight is 459 g/mol. The van der Waals surface area contributed by atoms with Crippen molar-refractivity contribution >= 4 is 6.21 Å². The lowest BCUT2D eigenvalue weighted by Gasteiger charge is -2.14. The molecule has 0 atom stereocenters. The zero-order valence-corrected chi connectivity index (χ0v) is 20.5. The standard InChI is InChI=1S/C26H38N2O5/c1-5-6-14-30-23-17-21(2)26(22(3)18-23)32-16-13-11-9-7-8-10-12-15-31-25-19-24(33-28-25)20-27-29-4/h5-6,17-20H,7-16H2,1-4H3/b6-5+,27-20?. The summed E-state index contributed by atoms with van der Waals surface area (Å²) in [6, 6.07) is 5.79. The Hall–Kier alpha value is -2.96. The van der Waals surface area contributed by atoms with Crippen LogP contribution in [-0.4, -0.2) is 38.3 Å². The van der Waals surface area contributed by atoms with Crippen LogP contribution in [0, 0.1) is 13.8 Å². The van der Waals surface area contributed by atoms with Crippen molar-refractivity contribution in [2.24, 2.45) is 5.16 Å². The number of aromatic nitrogens is 1. The molecule has 0 saturated carbocycles. The normalized spacial score (nSPS) is 11.4. The number of hydrogen-bond acceptors (Lipinski definition) is 7. The number of unbranched alkanes of at least 4 members (excludes halogenated alkanes) is 6. The number of rotatable bonds is 17. The molecule has 1 aromatic heterocycles. The highest BCUT2D eigenvalue weighted by molar-refractivity contribution is 5.75. The van der Waals surface area contributed by atoms with Gasteiger partial charge in [-0.3, -0.25) is 0 Å². The summed E-state index contributed by atoms with van der Waals surface area (Å²) < 4.78 is 22.4. The van der Waals surface area contributed by atoms with Crippen LogP contribution in [0.3, 0.4) is 0 Å². The van der Waals surface area contributed by atoms with E-state index in [-0.39, 0.29) is 0 Å². The number of aryl methyl sites for hydroxylation is 2. The molecule has 0 bridgehead atoms. The predicted octanol–water partition coefficient (Wildman–Crippen LogP) is 6.42. The van der Waals surface area contributed by atoms with Crippen LogP contribution >= 0.6 is 0 Å². The molecular formula is C26H38N2O5. The summed E-state index contributed by atoms with van der Waals surface area (Å²) in [6.07, 6.45) is 13.5. The van der Waals surface area contributed by atoms with Crippen molar-refractivity contribution in [2.45, 2.75) is 65.7 Å². The molecule has 7 heteroatoms. The van der Waals surface area contributed by atoms with Gasteiger partial charge in [0.15, 0.2) is 5.76 Å². The molecule has 182 valence electrons. The Morgan fingerprint density at radius 1 is 0.879 bits per heavy atom. The van der Waals surface area contributed by atoms with E-state index < -0.39 is 0 Å². The number of oxime groups is 1. The first-order chi connectivity index (χ1) is 16.1. The van der Waals surface area contributed by atoms with Crippen LogP contribution < -0.4 is 14.2 Å². The fourth-order valence-electron chi connectivity index (χ4n) is 3.41. The summed E-state index contributed by atoms with van der Waals surface area (Å²) in [6.45, 7) is 8.13. The minimum Gasteiger partial charge on any atom is -0.493 e. The van der Waals surface area contributed by atoms with Crippen molar-refractivity contribution in [1.29, 1.82) is 0 Å². The SMILES string of the molecule is C/C=C/COc1cc(C)c(OCCCCCCCCCOc2cc(C=NOC)on2)c(C)c1. The second kappa shape index (κ2) is 15.8. The van der Waals surface area contributed by atoms with Crippen LogP contribution in [-0.2, 0) is 4.84 Å². The van der Waals surface area contributed by atoms with Gasteiger partial charge in [-0.25, -0.2) is 0 Å². The van der Waals surface area contributed by atoms with E-state index in [0.29, 0.717) is 24.9 Å². The Balaban J connectivity index is 1.49. The van der Waals surface area contributed by atoms with Gasteiger partial charge in [0.1, 0.15) is 31.4 Å². The third-order valence-corrected chi connectivity index (χ3v) is 5.09. The Labute approximate surface area is 197 Å². The first-order valence-corrected chi connectivity index (χ1v) is 11.8. The van der Waals surface area contributed by atoms with Crippen molar-refractivity contribution in [1.82, 2.24) is 5.16 Å². The lowest BCUT2D eigenvalue weighted by Crippen LogP contribution is -2.02. The predicted molar refractivity (Wildman–Crippen MR) is 131 cm³/mol. The van der Waals surface area contributed by atoms with Crippen molar-refractivity contribution < 1.29 is 23.6 Å². The summed E-state index contributed by atoms with van der Waals surface area (Å²) in [4.78, 5) is 4.60. The zero-order valence-electron chi connectivity index (χ0n) is 20.5. The van der Waals surface area contributed by atoms with Gasteiger partial charge in [-0.1, -0.05) is 49.4 Å². The maximum atomic E-state index is 6.06. The van der Waals surface area contributed by atoms with Crippen LogP contribution in [0.15, 0.2) is 40.0 Å². The summed E-state index contributed by atoms with van der Waals surface area (Å²) in [5, 5.41) is 7.45.